The summed E-state index contributed by atoms with van der Waals surface area (Å²) in [6, 6.07) is 13.3. The Morgan fingerprint density at radius 1 is 1.18 bits per heavy atom. The Morgan fingerprint density at radius 3 is 2.50 bits per heavy atom. The van der Waals surface area contributed by atoms with Crippen molar-refractivity contribution >= 4 is 12.0 Å². The Bertz CT molecular complexity index is 672. The second-order valence-electron chi connectivity index (χ2n) is 4.59. The van der Waals surface area contributed by atoms with E-state index in [2.05, 4.69) is 0 Å². The minimum absolute atomic E-state index is 0.537. The minimum atomic E-state index is -0.975. The van der Waals surface area contributed by atoms with Crippen molar-refractivity contribution < 1.29 is 19.4 Å². The summed E-state index contributed by atoms with van der Waals surface area (Å²) in [6.07, 6.45) is 2.65. The molecule has 4 nitrogen and oxygen atoms in total. The summed E-state index contributed by atoms with van der Waals surface area (Å²) in [5.41, 5.74) is 2.75. The molecule has 0 radical (unpaired) electrons. The summed E-state index contributed by atoms with van der Waals surface area (Å²) < 4.78 is 10.8. The van der Waals surface area contributed by atoms with E-state index in [0.29, 0.717) is 6.61 Å². The van der Waals surface area contributed by atoms with Crippen LogP contribution in [0.1, 0.15) is 12.5 Å². The van der Waals surface area contributed by atoms with Crippen LogP contribution in [0.5, 0.6) is 11.5 Å². The molecule has 4 heteroatoms. The van der Waals surface area contributed by atoms with E-state index in [4.69, 9.17) is 14.6 Å². The third-order valence-corrected chi connectivity index (χ3v) is 3.12. The van der Waals surface area contributed by atoms with Gasteiger partial charge < -0.3 is 14.6 Å². The number of hydrogen-bond acceptors (Lipinski definition) is 3. The van der Waals surface area contributed by atoms with Crippen molar-refractivity contribution in [3.05, 3.63) is 54.1 Å². The van der Waals surface area contributed by atoms with Crippen LogP contribution in [0.4, 0.5) is 0 Å². The molecule has 0 heterocycles. The van der Waals surface area contributed by atoms with Gasteiger partial charge in [-0.15, -0.1) is 0 Å². The molecule has 0 aliphatic rings. The van der Waals surface area contributed by atoms with Crippen LogP contribution < -0.4 is 9.47 Å². The molecule has 0 atom stereocenters. The Labute approximate surface area is 129 Å². The molecule has 0 saturated carbocycles. The minimum Gasteiger partial charge on any atom is -0.497 e. The van der Waals surface area contributed by atoms with E-state index in [1.807, 2.05) is 49.4 Å². The molecule has 0 spiro atoms. The van der Waals surface area contributed by atoms with Gasteiger partial charge in [-0.2, -0.15) is 0 Å². The van der Waals surface area contributed by atoms with Crippen LogP contribution in [0.25, 0.3) is 17.2 Å². The van der Waals surface area contributed by atoms with Crippen LogP contribution >= 0.6 is 0 Å². The van der Waals surface area contributed by atoms with Gasteiger partial charge in [-0.05, 0) is 42.3 Å². The van der Waals surface area contributed by atoms with Crippen molar-refractivity contribution in [3.8, 4) is 22.6 Å². The summed E-state index contributed by atoms with van der Waals surface area (Å²) in [6.45, 7) is 2.45. The zero-order chi connectivity index (χ0) is 15.9. The monoisotopic (exact) mass is 298 g/mol. The van der Waals surface area contributed by atoms with E-state index in [-0.39, 0.29) is 0 Å². The normalized spacial score (nSPS) is 10.6. The average Bonchev–Trinajstić information content (AvgIpc) is 2.53. The van der Waals surface area contributed by atoms with Crippen molar-refractivity contribution in [2.75, 3.05) is 13.7 Å². The molecule has 0 amide bonds. The first-order valence-corrected chi connectivity index (χ1v) is 6.96. The van der Waals surface area contributed by atoms with Crippen LogP contribution in [0.2, 0.25) is 0 Å². The SMILES string of the molecule is CCOc1cc(C=CC(=O)O)ccc1-c1ccc(OC)cc1. The maximum atomic E-state index is 10.6. The highest BCUT2D eigenvalue weighted by Gasteiger charge is 2.07. The maximum Gasteiger partial charge on any atom is 0.328 e. The Morgan fingerprint density at radius 2 is 1.91 bits per heavy atom. The summed E-state index contributed by atoms with van der Waals surface area (Å²) >= 11 is 0. The van der Waals surface area contributed by atoms with Crippen LogP contribution in [0.3, 0.4) is 0 Å². The smallest absolute Gasteiger partial charge is 0.328 e. The predicted octanol–water partition coefficient (Wildman–Crippen LogP) is 3.86. The predicted molar refractivity (Wildman–Crippen MR) is 86.3 cm³/mol. The number of benzene rings is 2. The number of rotatable bonds is 6. The van der Waals surface area contributed by atoms with Gasteiger partial charge in [0.25, 0.3) is 0 Å². The highest BCUT2D eigenvalue weighted by Crippen LogP contribution is 2.32. The molecule has 2 aromatic carbocycles. The molecule has 0 unspecified atom stereocenters. The third-order valence-electron chi connectivity index (χ3n) is 3.12. The standard InChI is InChI=1S/C18H18O4/c1-3-22-17-12-13(5-11-18(19)20)4-10-16(17)14-6-8-15(21-2)9-7-14/h4-12H,3H2,1-2H3,(H,19,20). The second kappa shape index (κ2) is 7.31. The molecule has 0 aliphatic carbocycles. The van der Waals surface area contributed by atoms with E-state index in [0.717, 1.165) is 34.3 Å². The van der Waals surface area contributed by atoms with Gasteiger partial charge in [0, 0.05) is 11.6 Å². The summed E-state index contributed by atoms with van der Waals surface area (Å²) in [5, 5.41) is 8.70. The highest BCUT2D eigenvalue weighted by atomic mass is 16.5. The van der Waals surface area contributed by atoms with Gasteiger partial charge >= 0.3 is 5.97 Å². The highest BCUT2D eigenvalue weighted by molar-refractivity contribution is 5.85. The zero-order valence-electron chi connectivity index (χ0n) is 12.6. The van der Waals surface area contributed by atoms with E-state index in [9.17, 15) is 4.79 Å². The molecule has 1 N–H and O–H groups in total. The van der Waals surface area contributed by atoms with Crippen molar-refractivity contribution in [1.29, 1.82) is 0 Å². The number of carboxylic acids is 1. The molecule has 0 aliphatic heterocycles. The molecule has 2 rings (SSSR count). The second-order valence-corrected chi connectivity index (χ2v) is 4.59. The third kappa shape index (κ3) is 3.88. The van der Waals surface area contributed by atoms with Gasteiger partial charge in [0.05, 0.1) is 13.7 Å². The van der Waals surface area contributed by atoms with Crippen LogP contribution in [0, 0.1) is 0 Å². The van der Waals surface area contributed by atoms with Gasteiger partial charge in [-0.25, -0.2) is 4.79 Å². The largest absolute Gasteiger partial charge is 0.497 e. The average molecular weight is 298 g/mol. The molecule has 22 heavy (non-hydrogen) atoms. The van der Waals surface area contributed by atoms with Gasteiger partial charge in [0.2, 0.25) is 0 Å². The first-order valence-electron chi connectivity index (χ1n) is 6.96. The lowest BCUT2D eigenvalue weighted by atomic mass is 10.0. The number of methoxy groups -OCH3 is 1. The summed E-state index contributed by atoms with van der Waals surface area (Å²) in [4.78, 5) is 10.6. The zero-order valence-corrected chi connectivity index (χ0v) is 12.6. The molecule has 114 valence electrons. The van der Waals surface area contributed by atoms with Gasteiger partial charge in [-0.1, -0.05) is 24.3 Å². The number of aliphatic carboxylic acids is 1. The topological polar surface area (TPSA) is 55.8 Å². The first kappa shape index (κ1) is 15.6. The Balaban J connectivity index is 2.39. The number of ether oxygens (including phenoxy) is 2. The lowest BCUT2D eigenvalue weighted by Crippen LogP contribution is -1.95. The van der Waals surface area contributed by atoms with E-state index in [1.54, 1.807) is 13.2 Å². The number of carbonyl (C=O) groups is 1. The van der Waals surface area contributed by atoms with Crippen LogP contribution in [-0.2, 0) is 4.79 Å². The van der Waals surface area contributed by atoms with Gasteiger partial charge in [0.15, 0.2) is 0 Å². The molecular formula is C18H18O4. The van der Waals surface area contributed by atoms with Crippen LogP contribution in [0.15, 0.2) is 48.5 Å². The number of carboxylic acid groups (broad SMARTS) is 1. The molecule has 0 bridgehead atoms. The maximum absolute atomic E-state index is 10.6. The quantitative estimate of drug-likeness (QED) is 0.823. The van der Waals surface area contributed by atoms with Gasteiger partial charge in [0.1, 0.15) is 11.5 Å². The van der Waals surface area contributed by atoms with Crippen LogP contribution in [-0.4, -0.2) is 24.8 Å². The fourth-order valence-electron chi connectivity index (χ4n) is 2.09. The Hall–Kier alpha value is -2.75. The summed E-state index contributed by atoms with van der Waals surface area (Å²) in [5.74, 6) is 0.542. The molecular weight excluding hydrogens is 280 g/mol. The first-order chi connectivity index (χ1) is 10.6. The molecule has 0 fully saturated rings. The fourth-order valence-corrected chi connectivity index (χ4v) is 2.09. The van der Waals surface area contributed by atoms with E-state index in [1.165, 1.54) is 0 Å². The van der Waals surface area contributed by atoms with E-state index >= 15 is 0 Å². The van der Waals surface area contributed by atoms with Crippen molar-refractivity contribution in [2.24, 2.45) is 0 Å². The lowest BCUT2D eigenvalue weighted by Gasteiger charge is -2.12. The Kier molecular flexibility index (Phi) is 5.20. The molecule has 0 aromatic heterocycles. The molecule has 0 saturated heterocycles. The van der Waals surface area contributed by atoms with Crippen molar-refractivity contribution in [2.45, 2.75) is 6.92 Å². The van der Waals surface area contributed by atoms with Gasteiger partial charge in [-0.3, -0.25) is 0 Å². The van der Waals surface area contributed by atoms with Crippen molar-refractivity contribution in [3.63, 3.8) is 0 Å². The van der Waals surface area contributed by atoms with Crippen molar-refractivity contribution in [1.82, 2.24) is 0 Å². The number of hydrogen-bond donors (Lipinski definition) is 1. The fraction of sp³-hybridized carbons (Fsp3) is 0.167. The lowest BCUT2D eigenvalue weighted by molar-refractivity contribution is -0.131. The molecule has 2 aromatic rings. The summed E-state index contributed by atoms with van der Waals surface area (Å²) in [7, 11) is 1.63. The van der Waals surface area contributed by atoms with E-state index < -0.39 is 5.97 Å².